The highest BCUT2D eigenvalue weighted by Gasteiger charge is 2.23. The normalized spacial score (nSPS) is 18.8. The molecule has 0 saturated carbocycles. The molecule has 0 bridgehead atoms. The molecule has 26 heavy (non-hydrogen) atoms. The molecular formula is C18H26N4O3S. The highest BCUT2D eigenvalue weighted by atomic mass is 32.2. The zero-order valence-corrected chi connectivity index (χ0v) is 16.2. The van der Waals surface area contributed by atoms with Crippen LogP contribution in [0.4, 0.5) is 0 Å². The first kappa shape index (κ1) is 18.8. The van der Waals surface area contributed by atoms with Crippen LogP contribution >= 0.6 is 0 Å². The minimum Gasteiger partial charge on any atom is -0.496 e. The van der Waals surface area contributed by atoms with Crippen molar-refractivity contribution in [3.8, 4) is 5.75 Å². The zero-order chi connectivity index (χ0) is 18.6. The van der Waals surface area contributed by atoms with Crippen LogP contribution < -0.4 is 4.74 Å². The van der Waals surface area contributed by atoms with Crippen molar-refractivity contribution in [3.05, 3.63) is 42.0 Å². The molecule has 7 nitrogen and oxygen atoms in total. The summed E-state index contributed by atoms with van der Waals surface area (Å²) >= 11 is 0. The minimum absolute atomic E-state index is 0.228. The lowest BCUT2D eigenvalue weighted by atomic mass is 9.99. The average molecular weight is 378 g/mol. The smallest absolute Gasteiger partial charge is 0.147 e. The standard InChI is InChI=1S/C18H26N4O3S/c1-25-18-6-5-15(8-17(18)11-22-14-19-13-20-22)9-21-7-3-4-16(10-21)12-26(2,23)24/h5-6,8,13-14,16H,3-4,7,9-12H2,1-2H3/t16-/m0/s1. The Balaban J connectivity index is 1.69. The van der Waals surface area contributed by atoms with E-state index in [0.29, 0.717) is 6.54 Å². The number of hydrogen-bond donors (Lipinski definition) is 0. The summed E-state index contributed by atoms with van der Waals surface area (Å²) in [5, 5.41) is 4.16. The monoisotopic (exact) mass is 378 g/mol. The average Bonchev–Trinajstić information content (AvgIpc) is 3.07. The Morgan fingerprint density at radius 3 is 2.85 bits per heavy atom. The van der Waals surface area contributed by atoms with Gasteiger partial charge in [0.25, 0.3) is 0 Å². The van der Waals surface area contributed by atoms with E-state index in [1.54, 1.807) is 18.1 Å². The summed E-state index contributed by atoms with van der Waals surface area (Å²) in [6.45, 7) is 3.25. The summed E-state index contributed by atoms with van der Waals surface area (Å²) in [6, 6.07) is 6.20. The molecule has 1 aliphatic heterocycles. The van der Waals surface area contributed by atoms with Crippen LogP contribution in [0.15, 0.2) is 30.9 Å². The van der Waals surface area contributed by atoms with E-state index in [0.717, 1.165) is 43.8 Å². The van der Waals surface area contributed by atoms with Crippen LogP contribution in [-0.4, -0.2) is 60.3 Å². The lowest BCUT2D eigenvalue weighted by molar-refractivity contribution is 0.177. The van der Waals surface area contributed by atoms with Crippen molar-refractivity contribution < 1.29 is 13.2 Å². The van der Waals surface area contributed by atoms with E-state index in [4.69, 9.17) is 4.74 Å². The first-order valence-corrected chi connectivity index (χ1v) is 10.9. The maximum Gasteiger partial charge on any atom is 0.147 e. The summed E-state index contributed by atoms with van der Waals surface area (Å²) in [5.74, 6) is 1.34. The Morgan fingerprint density at radius 2 is 2.15 bits per heavy atom. The van der Waals surface area contributed by atoms with Crippen molar-refractivity contribution in [2.45, 2.75) is 25.9 Å². The largest absolute Gasteiger partial charge is 0.496 e. The second-order valence-electron chi connectivity index (χ2n) is 7.08. The van der Waals surface area contributed by atoms with Gasteiger partial charge in [-0.1, -0.05) is 6.07 Å². The molecule has 1 aromatic heterocycles. The third-order valence-electron chi connectivity index (χ3n) is 4.69. The Morgan fingerprint density at radius 1 is 1.31 bits per heavy atom. The van der Waals surface area contributed by atoms with Crippen molar-refractivity contribution in [2.24, 2.45) is 5.92 Å². The third kappa shape index (κ3) is 5.28. The SMILES string of the molecule is COc1ccc(CN2CCC[C@H](CS(C)(=O)=O)C2)cc1Cn1cncn1. The molecule has 1 aliphatic rings. The molecule has 142 valence electrons. The van der Waals surface area contributed by atoms with Gasteiger partial charge < -0.3 is 4.74 Å². The van der Waals surface area contributed by atoms with E-state index in [9.17, 15) is 8.42 Å². The van der Waals surface area contributed by atoms with Gasteiger partial charge in [0.05, 0.1) is 19.4 Å². The number of ether oxygens (including phenoxy) is 1. The Labute approximate surface area is 154 Å². The van der Waals surface area contributed by atoms with E-state index >= 15 is 0 Å². The fraction of sp³-hybridized carbons (Fsp3) is 0.556. The van der Waals surface area contributed by atoms with Gasteiger partial charge in [-0.05, 0) is 43.0 Å². The van der Waals surface area contributed by atoms with Gasteiger partial charge in [0, 0.05) is 24.9 Å². The van der Waals surface area contributed by atoms with Crippen LogP contribution in [0.1, 0.15) is 24.0 Å². The number of nitrogens with zero attached hydrogens (tertiary/aromatic N) is 4. The molecule has 2 heterocycles. The molecule has 0 amide bonds. The van der Waals surface area contributed by atoms with Gasteiger partial charge in [0.2, 0.25) is 0 Å². The molecule has 1 saturated heterocycles. The number of rotatable bonds is 7. The number of sulfone groups is 1. The molecule has 3 rings (SSSR count). The highest BCUT2D eigenvalue weighted by molar-refractivity contribution is 7.90. The van der Waals surface area contributed by atoms with Crippen LogP contribution in [0, 0.1) is 5.92 Å². The highest BCUT2D eigenvalue weighted by Crippen LogP contribution is 2.24. The van der Waals surface area contributed by atoms with Gasteiger partial charge in [-0.2, -0.15) is 5.10 Å². The molecule has 8 heteroatoms. The minimum atomic E-state index is -2.92. The van der Waals surface area contributed by atoms with Crippen molar-refractivity contribution in [2.75, 3.05) is 32.2 Å². The number of benzene rings is 1. The number of methoxy groups -OCH3 is 1. The summed E-state index contributed by atoms with van der Waals surface area (Å²) < 4.78 is 30.4. The maximum absolute atomic E-state index is 11.6. The quantitative estimate of drug-likeness (QED) is 0.728. The number of aromatic nitrogens is 3. The Bertz CT molecular complexity index is 821. The van der Waals surface area contributed by atoms with E-state index < -0.39 is 9.84 Å². The zero-order valence-electron chi connectivity index (χ0n) is 15.3. The number of likely N-dealkylation sites (tertiary alicyclic amines) is 1. The van der Waals surface area contributed by atoms with Gasteiger partial charge in [-0.3, -0.25) is 4.90 Å². The third-order valence-corrected chi connectivity index (χ3v) is 5.77. The van der Waals surface area contributed by atoms with Crippen molar-refractivity contribution in [3.63, 3.8) is 0 Å². The predicted molar refractivity (Wildman–Crippen MR) is 99.8 cm³/mol. The van der Waals surface area contributed by atoms with E-state index in [-0.39, 0.29) is 11.7 Å². The summed E-state index contributed by atoms with van der Waals surface area (Å²) in [4.78, 5) is 6.33. The van der Waals surface area contributed by atoms with Gasteiger partial charge in [0.1, 0.15) is 28.2 Å². The first-order valence-electron chi connectivity index (χ1n) is 8.81. The second kappa shape index (κ2) is 8.18. The van der Waals surface area contributed by atoms with Crippen LogP contribution in [0.5, 0.6) is 5.75 Å². The topological polar surface area (TPSA) is 77.3 Å². The van der Waals surface area contributed by atoms with Gasteiger partial charge >= 0.3 is 0 Å². The van der Waals surface area contributed by atoms with Gasteiger partial charge in [0.15, 0.2) is 0 Å². The Hall–Kier alpha value is -1.93. The fourth-order valence-corrected chi connectivity index (χ4v) is 4.79. The molecule has 1 aromatic carbocycles. The van der Waals surface area contributed by atoms with Crippen molar-refractivity contribution in [1.29, 1.82) is 0 Å². The molecule has 2 aromatic rings. The van der Waals surface area contributed by atoms with E-state index in [1.165, 1.54) is 18.1 Å². The van der Waals surface area contributed by atoms with Gasteiger partial charge in [-0.25, -0.2) is 18.1 Å². The van der Waals surface area contributed by atoms with Crippen LogP contribution in [0.3, 0.4) is 0 Å². The second-order valence-corrected chi connectivity index (χ2v) is 9.26. The van der Waals surface area contributed by atoms with Crippen LogP contribution in [0.25, 0.3) is 0 Å². The first-order chi connectivity index (χ1) is 12.4. The van der Waals surface area contributed by atoms with E-state index in [2.05, 4.69) is 27.1 Å². The lowest BCUT2D eigenvalue weighted by Crippen LogP contribution is -2.37. The summed E-state index contributed by atoms with van der Waals surface area (Å²) in [6.07, 6.45) is 6.57. The summed E-state index contributed by atoms with van der Waals surface area (Å²) in [5.41, 5.74) is 2.25. The number of hydrogen-bond acceptors (Lipinski definition) is 6. The van der Waals surface area contributed by atoms with Crippen molar-refractivity contribution >= 4 is 9.84 Å². The molecular weight excluding hydrogens is 352 g/mol. The van der Waals surface area contributed by atoms with Gasteiger partial charge in [-0.15, -0.1) is 0 Å². The number of piperidine rings is 1. The lowest BCUT2D eigenvalue weighted by Gasteiger charge is -2.32. The van der Waals surface area contributed by atoms with Crippen LogP contribution in [-0.2, 0) is 22.9 Å². The summed E-state index contributed by atoms with van der Waals surface area (Å²) in [7, 11) is -1.26. The molecule has 0 unspecified atom stereocenters. The fourth-order valence-electron chi connectivity index (χ4n) is 3.66. The predicted octanol–water partition coefficient (Wildman–Crippen LogP) is 1.59. The van der Waals surface area contributed by atoms with E-state index in [1.807, 2.05) is 6.07 Å². The molecule has 0 aliphatic carbocycles. The maximum atomic E-state index is 11.6. The molecule has 1 atom stereocenters. The molecule has 0 spiro atoms. The molecule has 0 radical (unpaired) electrons. The van der Waals surface area contributed by atoms with Crippen molar-refractivity contribution in [1.82, 2.24) is 19.7 Å². The molecule has 1 fully saturated rings. The molecule has 0 N–H and O–H groups in total. The van der Waals surface area contributed by atoms with Crippen LogP contribution in [0.2, 0.25) is 0 Å². The Kier molecular flexibility index (Phi) is 5.93.